The van der Waals surface area contributed by atoms with E-state index in [1.807, 2.05) is 12.1 Å². The largest absolute Gasteiger partial charge is 0.375 e. The normalized spacial score (nSPS) is 17.2. The van der Waals surface area contributed by atoms with E-state index >= 15 is 0 Å². The number of ether oxygens (including phenoxy) is 1. The van der Waals surface area contributed by atoms with Gasteiger partial charge >= 0.3 is 0 Å². The van der Waals surface area contributed by atoms with E-state index in [1.54, 1.807) is 29.4 Å². The standard InChI is InChI=1S/C19H22FN3O2/c20-17-3-1-15(2-4-17)13-23(14-16-5-7-21-8-6-16)19(24)11-18-12-22-9-10-25-18/h1-8,18,22H,9-14H2. The number of nitrogens with one attached hydrogen (secondary N) is 1. The third-order valence-electron chi connectivity index (χ3n) is 4.17. The second kappa shape index (κ2) is 8.69. The molecule has 2 aromatic rings. The number of hydrogen-bond donors (Lipinski definition) is 1. The Morgan fingerprint density at radius 3 is 2.48 bits per heavy atom. The highest BCUT2D eigenvalue weighted by atomic mass is 19.1. The van der Waals surface area contributed by atoms with Crippen LogP contribution in [0.4, 0.5) is 4.39 Å². The maximum absolute atomic E-state index is 13.1. The van der Waals surface area contributed by atoms with E-state index in [1.165, 1.54) is 12.1 Å². The van der Waals surface area contributed by atoms with E-state index in [0.29, 0.717) is 32.7 Å². The highest BCUT2D eigenvalue weighted by molar-refractivity contribution is 5.76. The van der Waals surface area contributed by atoms with Crippen LogP contribution in [0.15, 0.2) is 48.8 Å². The van der Waals surface area contributed by atoms with E-state index in [-0.39, 0.29) is 17.8 Å². The van der Waals surface area contributed by atoms with Crippen molar-refractivity contribution < 1.29 is 13.9 Å². The molecule has 1 aliphatic rings. The van der Waals surface area contributed by atoms with E-state index in [9.17, 15) is 9.18 Å². The quantitative estimate of drug-likeness (QED) is 0.873. The number of pyridine rings is 1. The smallest absolute Gasteiger partial charge is 0.225 e. The average molecular weight is 343 g/mol. The summed E-state index contributed by atoms with van der Waals surface area (Å²) in [5.41, 5.74) is 1.90. The molecule has 1 saturated heterocycles. The predicted octanol–water partition coefficient (Wildman–Crippen LogP) is 2.13. The molecule has 5 nitrogen and oxygen atoms in total. The Bertz CT molecular complexity index is 673. The van der Waals surface area contributed by atoms with Crippen molar-refractivity contribution in [3.63, 3.8) is 0 Å². The molecule has 1 N–H and O–H groups in total. The number of hydrogen-bond acceptors (Lipinski definition) is 4. The highest BCUT2D eigenvalue weighted by Gasteiger charge is 2.22. The van der Waals surface area contributed by atoms with Crippen LogP contribution in [-0.2, 0) is 22.6 Å². The Morgan fingerprint density at radius 2 is 1.84 bits per heavy atom. The summed E-state index contributed by atoms with van der Waals surface area (Å²) in [5, 5.41) is 3.24. The zero-order chi connectivity index (χ0) is 17.5. The maximum atomic E-state index is 13.1. The van der Waals surface area contributed by atoms with Crippen molar-refractivity contribution in [1.29, 1.82) is 0 Å². The van der Waals surface area contributed by atoms with Gasteiger partial charge in [0.15, 0.2) is 0 Å². The lowest BCUT2D eigenvalue weighted by atomic mass is 10.1. The number of carbonyl (C=O) groups is 1. The molecule has 0 aliphatic carbocycles. The van der Waals surface area contributed by atoms with Crippen LogP contribution < -0.4 is 5.32 Å². The second-order valence-corrected chi connectivity index (χ2v) is 6.13. The molecule has 0 spiro atoms. The molecule has 1 atom stereocenters. The molecule has 1 fully saturated rings. The van der Waals surface area contributed by atoms with Crippen LogP contribution in [0.2, 0.25) is 0 Å². The number of morpholine rings is 1. The fraction of sp³-hybridized carbons (Fsp3) is 0.368. The summed E-state index contributed by atoms with van der Waals surface area (Å²) in [5.74, 6) is -0.257. The lowest BCUT2D eigenvalue weighted by molar-refractivity contribution is -0.136. The maximum Gasteiger partial charge on any atom is 0.225 e. The molecule has 1 aromatic heterocycles. The number of halogens is 1. The van der Waals surface area contributed by atoms with Crippen LogP contribution in [0.25, 0.3) is 0 Å². The lowest BCUT2D eigenvalue weighted by Gasteiger charge is -2.28. The summed E-state index contributed by atoms with van der Waals surface area (Å²) in [7, 11) is 0. The molecule has 132 valence electrons. The molecule has 0 radical (unpaired) electrons. The zero-order valence-corrected chi connectivity index (χ0v) is 14.0. The molecule has 1 amide bonds. The minimum atomic E-state index is -0.280. The summed E-state index contributed by atoms with van der Waals surface area (Å²) < 4.78 is 18.8. The van der Waals surface area contributed by atoms with Gasteiger partial charge in [-0.1, -0.05) is 12.1 Å². The fourth-order valence-corrected chi connectivity index (χ4v) is 2.83. The van der Waals surface area contributed by atoms with Crippen molar-refractivity contribution >= 4 is 5.91 Å². The van der Waals surface area contributed by atoms with Crippen LogP contribution in [0.1, 0.15) is 17.5 Å². The number of rotatable bonds is 6. The molecule has 25 heavy (non-hydrogen) atoms. The Kier molecular flexibility index (Phi) is 6.09. The topological polar surface area (TPSA) is 54.5 Å². The molecule has 2 heterocycles. The van der Waals surface area contributed by atoms with Crippen LogP contribution in [0, 0.1) is 5.82 Å². The van der Waals surface area contributed by atoms with Gasteiger partial charge in [-0.15, -0.1) is 0 Å². The lowest BCUT2D eigenvalue weighted by Crippen LogP contribution is -2.42. The van der Waals surface area contributed by atoms with Crippen molar-refractivity contribution in [1.82, 2.24) is 15.2 Å². The van der Waals surface area contributed by atoms with Gasteiger partial charge in [-0.2, -0.15) is 0 Å². The molecule has 3 rings (SSSR count). The highest BCUT2D eigenvalue weighted by Crippen LogP contribution is 2.14. The molecule has 0 saturated carbocycles. The third kappa shape index (κ3) is 5.34. The first-order chi connectivity index (χ1) is 12.2. The second-order valence-electron chi connectivity index (χ2n) is 6.13. The Hall–Kier alpha value is -2.31. The van der Waals surface area contributed by atoms with E-state index in [0.717, 1.165) is 17.7 Å². The minimum Gasteiger partial charge on any atom is -0.375 e. The number of benzene rings is 1. The molecule has 1 aliphatic heterocycles. The van der Waals surface area contributed by atoms with Gasteiger partial charge in [0.2, 0.25) is 5.91 Å². The summed E-state index contributed by atoms with van der Waals surface area (Å²) >= 11 is 0. The third-order valence-corrected chi connectivity index (χ3v) is 4.17. The predicted molar refractivity (Wildman–Crippen MR) is 92.1 cm³/mol. The minimum absolute atomic E-state index is 0.0230. The number of aromatic nitrogens is 1. The number of carbonyl (C=O) groups excluding carboxylic acids is 1. The molecule has 0 bridgehead atoms. The summed E-state index contributed by atoms with van der Waals surface area (Å²) in [6.45, 7) is 3.05. The first kappa shape index (κ1) is 17.5. The number of amides is 1. The van der Waals surface area contributed by atoms with E-state index < -0.39 is 0 Å². The van der Waals surface area contributed by atoms with Crippen molar-refractivity contribution in [3.05, 3.63) is 65.7 Å². The summed E-state index contributed by atoms with van der Waals surface area (Å²) in [6, 6.07) is 10.0. The van der Waals surface area contributed by atoms with Crippen LogP contribution >= 0.6 is 0 Å². The molecule has 6 heteroatoms. The Balaban J connectivity index is 1.70. The average Bonchev–Trinajstić information content (AvgIpc) is 2.64. The fourth-order valence-electron chi connectivity index (χ4n) is 2.83. The van der Waals surface area contributed by atoms with Crippen molar-refractivity contribution in [2.75, 3.05) is 19.7 Å². The van der Waals surface area contributed by atoms with Gasteiger partial charge in [0.1, 0.15) is 5.82 Å². The van der Waals surface area contributed by atoms with Gasteiger partial charge in [-0.05, 0) is 35.4 Å². The van der Waals surface area contributed by atoms with Gasteiger partial charge in [0.25, 0.3) is 0 Å². The Morgan fingerprint density at radius 1 is 1.16 bits per heavy atom. The Labute approximate surface area is 146 Å². The summed E-state index contributed by atoms with van der Waals surface area (Å²) in [6.07, 6.45) is 3.65. The van der Waals surface area contributed by atoms with Gasteiger partial charge in [-0.3, -0.25) is 9.78 Å². The van der Waals surface area contributed by atoms with Gasteiger partial charge < -0.3 is 15.0 Å². The van der Waals surface area contributed by atoms with Crippen LogP contribution in [-0.4, -0.2) is 41.6 Å². The van der Waals surface area contributed by atoms with Crippen LogP contribution in [0.3, 0.4) is 0 Å². The first-order valence-electron chi connectivity index (χ1n) is 8.44. The van der Waals surface area contributed by atoms with Gasteiger partial charge in [-0.25, -0.2) is 4.39 Å². The zero-order valence-electron chi connectivity index (χ0n) is 14.0. The van der Waals surface area contributed by atoms with Gasteiger partial charge in [0.05, 0.1) is 19.1 Å². The SMILES string of the molecule is O=C(CC1CNCCO1)N(Cc1ccncc1)Cc1ccc(F)cc1. The first-order valence-corrected chi connectivity index (χ1v) is 8.44. The molecular formula is C19H22FN3O2. The van der Waals surface area contributed by atoms with Crippen LogP contribution in [0.5, 0.6) is 0 Å². The molecular weight excluding hydrogens is 321 g/mol. The summed E-state index contributed by atoms with van der Waals surface area (Å²) in [4.78, 5) is 18.6. The number of nitrogens with zero attached hydrogens (tertiary/aromatic N) is 2. The molecule has 1 unspecified atom stereocenters. The van der Waals surface area contributed by atoms with Crippen molar-refractivity contribution in [3.8, 4) is 0 Å². The van der Waals surface area contributed by atoms with Crippen molar-refractivity contribution in [2.24, 2.45) is 0 Å². The van der Waals surface area contributed by atoms with E-state index in [2.05, 4.69) is 10.3 Å². The monoisotopic (exact) mass is 343 g/mol. The molecule has 1 aromatic carbocycles. The van der Waals surface area contributed by atoms with Crippen molar-refractivity contribution in [2.45, 2.75) is 25.6 Å². The van der Waals surface area contributed by atoms with E-state index in [4.69, 9.17) is 4.74 Å². The van der Waals surface area contributed by atoms with Gasteiger partial charge in [0, 0.05) is 38.6 Å².